The minimum Gasteiger partial charge on any atom is -0.343 e. The number of hydrogen-bond donors (Lipinski definition) is 3. The number of carbonyl (C=O) groups is 2. The molecule has 1 saturated heterocycles. The number of carbonyl (C=O) groups excluding carboxylic acids is 2. The van der Waals surface area contributed by atoms with Gasteiger partial charge in [0, 0.05) is 19.0 Å². The van der Waals surface area contributed by atoms with Crippen molar-refractivity contribution in [3.63, 3.8) is 0 Å². The van der Waals surface area contributed by atoms with E-state index in [2.05, 4.69) is 25.7 Å². The van der Waals surface area contributed by atoms with Crippen LogP contribution in [0.4, 0.5) is 8.78 Å². The molecule has 3 N–H and O–H groups in total. The lowest BCUT2D eigenvalue weighted by Crippen LogP contribution is -2.47. The summed E-state index contributed by atoms with van der Waals surface area (Å²) >= 11 is 0. The highest BCUT2D eigenvalue weighted by Crippen LogP contribution is 2.42. The molecule has 1 aliphatic heterocycles. The third kappa shape index (κ3) is 4.70. The summed E-state index contributed by atoms with van der Waals surface area (Å²) in [6.07, 6.45) is 1.60. The number of benzene rings is 2. The Morgan fingerprint density at radius 3 is 2.77 bits per heavy atom. The van der Waals surface area contributed by atoms with E-state index in [1.807, 2.05) is 0 Å². The van der Waals surface area contributed by atoms with Crippen molar-refractivity contribution in [2.24, 2.45) is 7.05 Å². The molecule has 39 heavy (non-hydrogen) atoms. The first-order valence-electron chi connectivity index (χ1n) is 12.9. The highest BCUT2D eigenvalue weighted by atomic mass is 19.1. The number of rotatable bonds is 7. The summed E-state index contributed by atoms with van der Waals surface area (Å²) in [6.45, 7) is -0.217. The Morgan fingerprint density at radius 2 is 2.05 bits per heavy atom. The third-order valence-corrected chi connectivity index (χ3v) is 7.62. The van der Waals surface area contributed by atoms with Crippen LogP contribution in [0.15, 0.2) is 47.4 Å². The van der Waals surface area contributed by atoms with Crippen LogP contribution in [0.5, 0.6) is 0 Å². The molecule has 2 fully saturated rings. The van der Waals surface area contributed by atoms with Gasteiger partial charge in [-0.25, -0.2) is 13.6 Å². The average Bonchev–Trinajstić information content (AvgIpc) is 3.34. The Bertz CT molecular complexity index is 1610. The van der Waals surface area contributed by atoms with Gasteiger partial charge in [-0.15, -0.1) is 0 Å². The number of amides is 2. The zero-order valence-electron chi connectivity index (χ0n) is 21.2. The smallest absolute Gasteiger partial charge is 0.326 e. The van der Waals surface area contributed by atoms with E-state index >= 15 is 4.39 Å². The molecule has 0 spiro atoms. The van der Waals surface area contributed by atoms with Crippen molar-refractivity contribution in [3.8, 4) is 0 Å². The lowest BCUT2D eigenvalue weighted by molar-refractivity contribution is -0.138. The predicted octanol–water partition coefficient (Wildman–Crippen LogP) is 2.39. The van der Waals surface area contributed by atoms with Crippen LogP contribution in [0.25, 0.3) is 11.0 Å². The molecule has 2 aliphatic rings. The molecule has 6 rings (SSSR count). The fourth-order valence-corrected chi connectivity index (χ4v) is 5.42. The van der Waals surface area contributed by atoms with Gasteiger partial charge >= 0.3 is 5.69 Å². The molecule has 2 amide bonds. The Hall–Kier alpha value is -4.35. The van der Waals surface area contributed by atoms with Gasteiger partial charge in [0.1, 0.15) is 18.0 Å². The minimum atomic E-state index is -1.37. The number of likely N-dealkylation sites (tertiary alicyclic amines) is 1. The first-order chi connectivity index (χ1) is 18.8. The lowest BCUT2D eigenvalue weighted by atomic mass is 9.95. The van der Waals surface area contributed by atoms with E-state index in [1.54, 1.807) is 37.4 Å². The first-order valence-corrected chi connectivity index (χ1v) is 12.9. The van der Waals surface area contributed by atoms with Crippen molar-refractivity contribution < 1.29 is 18.4 Å². The van der Waals surface area contributed by atoms with Gasteiger partial charge < -0.3 is 15.2 Å². The molecule has 12 heteroatoms. The minimum absolute atomic E-state index is 0.130. The topological polar surface area (TPSA) is 129 Å². The average molecular weight is 536 g/mol. The molecule has 2 aromatic heterocycles. The van der Waals surface area contributed by atoms with Gasteiger partial charge in [0.05, 0.1) is 41.9 Å². The fourth-order valence-electron chi connectivity index (χ4n) is 5.42. The molecule has 0 radical (unpaired) electrons. The Morgan fingerprint density at radius 1 is 1.23 bits per heavy atom. The van der Waals surface area contributed by atoms with Crippen LogP contribution < -0.4 is 11.0 Å². The fraction of sp³-hybridized carbons (Fsp3) is 0.370. The van der Waals surface area contributed by atoms with Crippen molar-refractivity contribution in [1.82, 2.24) is 35.2 Å². The molecule has 2 aromatic carbocycles. The molecule has 3 heterocycles. The standard InChI is InChI=1S/C27H27F2N7O3/c1-35-21-4-2-3-19(25(21)32-27(35)39)24(15-7-8-18(14-5-6-14)20(29)9-15)31-26(38)22-10-16(28)13-36(22)23(37)11-17-12-30-34-33-17/h2-4,7-9,12,14,16,22,24H,5-6,10-11,13H2,1H3,(H,31,38)(H,32,39)(H,30,33,34)/t16-,22+,24?/m1/s1. The second kappa shape index (κ2) is 9.75. The van der Waals surface area contributed by atoms with E-state index in [9.17, 15) is 18.8 Å². The maximum absolute atomic E-state index is 15.1. The van der Waals surface area contributed by atoms with Gasteiger partial charge in [-0.05, 0) is 42.0 Å². The number of aromatic amines is 2. The van der Waals surface area contributed by atoms with E-state index in [0.717, 1.165) is 12.8 Å². The van der Waals surface area contributed by atoms with E-state index in [4.69, 9.17) is 0 Å². The number of para-hydroxylation sites is 1. The van der Waals surface area contributed by atoms with Crippen molar-refractivity contribution in [3.05, 3.63) is 81.3 Å². The van der Waals surface area contributed by atoms with Crippen molar-refractivity contribution >= 4 is 22.8 Å². The van der Waals surface area contributed by atoms with Crippen LogP contribution in [0, 0.1) is 5.82 Å². The van der Waals surface area contributed by atoms with Crippen molar-refractivity contribution in [2.45, 2.75) is 49.9 Å². The Balaban J connectivity index is 1.35. The van der Waals surface area contributed by atoms with Gasteiger partial charge in [-0.2, -0.15) is 15.4 Å². The zero-order valence-corrected chi connectivity index (χ0v) is 21.2. The second-order valence-electron chi connectivity index (χ2n) is 10.3. The Kier molecular flexibility index (Phi) is 6.24. The summed E-state index contributed by atoms with van der Waals surface area (Å²) in [5.74, 6) is -1.19. The summed E-state index contributed by atoms with van der Waals surface area (Å²) < 4.78 is 31.1. The molecule has 1 aliphatic carbocycles. The zero-order chi connectivity index (χ0) is 27.3. The number of H-pyrrole nitrogens is 2. The summed E-state index contributed by atoms with van der Waals surface area (Å²) in [4.78, 5) is 43.1. The van der Waals surface area contributed by atoms with Gasteiger partial charge in [0.2, 0.25) is 11.8 Å². The number of fused-ring (bicyclic) bond motifs is 1. The SMILES string of the molecule is Cn1c(=O)[nH]c2c(C(NC(=O)[C@@H]3C[C@@H](F)CN3C(=O)Cc3cn[nH]n3)c3ccc(C4CC4)c(F)c3)cccc21. The summed E-state index contributed by atoms with van der Waals surface area (Å²) in [5, 5.41) is 12.9. The van der Waals surface area contributed by atoms with Crippen LogP contribution in [0.1, 0.15) is 53.6 Å². The molecule has 202 valence electrons. The number of alkyl halides is 1. The van der Waals surface area contributed by atoms with Gasteiger partial charge in [0.25, 0.3) is 0 Å². The maximum Gasteiger partial charge on any atom is 0.326 e. The van der Waals surface area contributed by atoms with Crippen molar-refractivity contribution in [1.29, 1.82) is 0 Å². The van der Waals surface area contributed by atoms with Gasteiger partial charge in [0.15, 0.2) is 0 Å². The molecular weight excluding hydrogens is 508 g/mol. The highest BCUT2D eigenvalue weighted by Gasteiger charge is 2.41. The monoisotopic (exact) mass is 535 g/mol. The van der Waals surface area contributed by atoms with Gasteiger partial charge in [-0.3, -0.25) is 14.2 Å². The number of halogens is 2. The van der Waals surface area contributed by atoms with Crippen LogP contribution in [0.2, 0.25) is 0 Å². The van der Waals surface area contributed by atoms with E-state index in [0.29, 0.717) is 33.4 Å². The van der Waals surface area contributed by atoms with Crippen LogP contribution in [-0.2, 0) is 23.1 Å². The first kappa shape index (κ1) is 25.0. The summed E-state index contributed by atoms with van der Waals surface area (Å²) in [5.41, 5.74) is 2.81. The largest absolute Gasteiger partial charge is 0.343 e. The molecule has 10 nitrogen and oxygen atoms in total. The Labute approximate surface area is 221 Å². The van der Waals surface area contributed by atoms with Crippen LogP contribution >= 0.6 is 0 Å². The number of nitrogens with zero attached hydrogens (tertiary/aromatic N) is 4. The molecule has 3 atom stereocenters. The molecule has 1 unspecified atom stereocenters. The highest BCUT2D eigenvalue weighted by molar-refractivity contribution is 5.90. The number of imidazole rings is 1. The summed E-state index contributed by atoms with van der Waals surface area (Å²) in [7, 11) is 1.63. The van der Waals surface area contributed by atoms with Crippen LogP contribution in [-0.4, -0.2) is 60.4 Å². The molecule has 4 aromatic rings. The predicted molar refractivity (Wildman–Crippen MR) is 137 cm³/mol. The van der Waals surface area contributed by atoms with Crippen molar-refractivity contribution in [2.75, 3.05) is 6.54 Å². The number of nitrogens with one attached hydrogen (secondary N) is 3. The van der Waals surface area contributed by atoms with Gasteiger partial charge in [-0.1, -0.05) is 24.3 Å². The normalized spacial score (nSPS) is 19.9. The number of aromatic nitrogens is 5. The quantitative estimate of drug-likeness (QED) is 0.335. The molecule has 0 bridgehead atoms. The number of hydrogen-bond acceptors (Lipinski definition) is 5. The van der Waals surface area contributed by atoms with E-state index in [-0.39, 0.29) is 36.8 Å². The van der Waals surface area contributed by atoms with E-state index in [1.165, 1.54) is 21.7 Å². The lowest BCUT2D eigenvalue weighted by Gasteiger charge is -2.27. The molecule has 1 saturated carbocycles. The second-order valence-corrected chi connectivity index (χ2v) is 10.3. The van der Waals surface area contributed by atoms with Crippen LogP contribution in [0.3, 0.4) is 0 Å². The maximum atomic E-state index is 15.1. The third-order valence-electron chi connectivity index (χ3n) is 7.62. The summed E-state index contributed by atoms with van der Waals surface area (Å²) in [6, 6.07) is 8.23. The number of aryl methyl sites for hydroxylation is 1. The molecular formula is C27H27F2N7O3. The van der Waals surface area contributed by atoms with E-state index < -0.39 is 30.1 Å².